The van der Waals surface area contributed by atoms with Gasteiger partial charge in [-0.3, -0.25) is 9.97 Å². The summed E-state index contributed by atoms with van der Waals surface area (Å²) in [5.74, 6) is -5.25. The second-order valence-corrected chi connectivity index (χ2v) is 17.3. The minimum atomic E-state index is -1.38. The summed E-state index contributed by atoms with van der Waals surface area (Å²) < 4.78 is 0. The fraction of sp³-hybridized carbons (Fsp3) is 0.551. The van der Waals surface area contributed by atoms with Gasteiger partial charge in [0.1, 0.15) is 0 Å². The molecule has 1 aliphatic rings. The molecular formula is C49H90N8O12Pt4. The van der Waals surface area contributed by atoms with E-state index in [1.807, 2.05) is 36.4 Å². The van der Waals surface area contributed by atoms with Gasteiger partial charge >= 0.3 is 23.9 Å². The number of aliphatic hydroxyl groups excluding tert-OH is 4. The second kappa shape index (κ2) is 56.6. The van der Waals surface area contributed by atoms with Gasteiger partial charge in [0.2, 0.25) is 0 Å². The number of pyridine rings is 2. The number of rotatable bonds is 15. The Bertz CT molecular complexity index is 1530. The predicted octanol–water partition coefficient (Wildman–Crippen LogP) is 7.26. The van der Waals surface area contributed by atoms with Crippen molar-refractivity contribution in [1.82, 2.24) is 9.97 Å². The average molecular weight is 1760 g/mol. The van der Waals surface area contributed by atoms with Crippen LogP contribution in [-0.4, -0.2) is 99.4 Å². The fourth-order valence-corrected chi connectivity index (χ4v) is 5.35. The Morgan fingerprint density at radius 2 is 0.822 bits per heavy atom. The largest absolute Gasteiger partial charge is 0.502 e. The predicted molar refractivity (Wildman–Crippen MR) is 275 cm³/mol. The minimum absolute atomic E-state index is 0. The topological polar surface area (TPSA) is 412 Å². The van der Waals surface area contributed by atoms with Crippen molar-refractivity contribution in [2.45, 2.75) is 138 Å². The monoisotopic (exact) mass is 1760 g/mol. The zero-order valence-corrected chi connectivity index (χ0v) is 51.8. The number of hydrogen-bond acceptors (Lipinski definition) is 16. The molecule has 1 saturated carbocycles. The number of aromatic nitrogens is 2. The molecule has 0 spiro atoms. The van der Waals surface area contributed by atoms with Crippen LogP contribution in [0, 0.1) is 29.6 Å². The number of carbonyl (C=O) groups is 4. The van der Waals surface area contributed by atoms with Crippen molar-refractivity contribution in [3.8, 4) is 0 Å². The fourth-order valence-electron chi connectivity index (χ4n) is 5.35. The molecule has 0 bridgehead atoms. The molecule has 0 aromatic carbocycles. The Balaban J connectivity index is -0.0000000785. The van der Waals surface area contributed by atoms with Crippen molar-refractivity contribution in [2.24, 2.45) is 64.0 Å². The van der Waals surface area contributed by atoms with Gasteiger partial charge in [-0.15, -0.1) is 0 Å². The van der Waals surface area contributed by atoms with Crippen LogP contribution in [0.5, 0.6) is 0 Å². The molecule has 0 amide bonds. The van der Waals surface area contributed by atoms with Crippen LogP contribution < -0.4 is 34.4 Å². The molecule has 73 heavy (non-hydrogen) atoms. The maximum absolute atomic E-state index is 9.35. The van der Waals surface area contributed by atoms with E-state index < -0.39 is 46.9 Å². The third kappa shape index (κ3) is 66.8. The Morgan fingerprint density at radius 3 is 1.00 bits per heavy atom. The van der Waals surface area contributed by atoms with Crippen molar-refractivity contribution in [3.05, 3.63) is 110 Å². The van der Waals surface area contributed by atoms with Gasteiger partial charge in [-0.2, -0.15) is 0 Å². The van der Waals surface area contributed by atoms with E-state index in [4.69, 9.17) is 75.3 Å². The number of aliphatic hydroxyl groups is 4. The van der Waals surface area contributed by atoms with E-state index in [0.717, 1.165) is 55.3 Å². The molecule has 6 unspecified atom stereocenters. The second-order valence-electron chi connectivity index (χ2n) is 17.3. The summed E-state index contributed by atoms with van der Waals surface area (Å²) in [5, 5.41) is 61.9. The van der Waals surface area contributed by atoms with Gasteiger partial charge in [-0.1, -0.05) is 74.9 Å². The van der Waals surface area contributed by atoms with Gasteiger partial charge in [0.05, 0.1) is 11.4 Å². The van der Waals surface area contributed by atoms with E-state index in [-0.39, 0.29) is 122 Å². The minimum Gasteiger partial charge on any atom is -0.502 e. The van der Waals surface area contributed by atoms with Crippen molar-refractivity contribution in [2.75, 3.05) is 6.54 Å². The van der Waals surface area contributed by atoms with E-state index >= 15 is 0 Å². The zero-order valence-electron chi connectivity index (χ0n) is 42.7. The van der Waals surface area contributed by atoms with Gasteiger partial charge in [0.25, 0.3) is 0 Å². The van der Waals surface area contributed by atoms with Gasteiger partial charge in [-0.05, 0) is 125 Å². The third-order valence-electron chi connectivity index (χ3n) is 8.52. The number of carboxylic acids is 4. The zero-order chi connectivity index (χ0) is 54.3. The number of carboxylic acid groups (broad SMARTS) is 4. The Hall–Kier alpha value is -3.15. The summed E-state index contributed by atoms with van der Waals surface area (Å²) in [4.78, 5) is 45.8. The summed E-state index contributed by atoms with van der Waals surface area (Å²) in [7, 11) is 0. The van der Waals surface area contributed by atoms with E-state index in [0.29, 0.717) is 24.3 Å². The number of nitrogens with two attached hydrogens (primary N) is 6. The van der Waals surface area contributed by atoms with Crippen molar-refractivity contribution >= 4 is 23.9 Å². The molecule has 24 heteroatoms. The first-order chi connectivity index (χ1) is 31.2. The molecule has 2 heterocycles. The van der Waals surface area contributed by atoms with Gasteiger partial charge < -0.3 is 75.3 Å². The SMILES string of the molecule is C.C=C(O)C(=O)O.C=C(O)C(=O)O.C=C(O)C(=O)O.C=C(O)C(=O)O.CC(C)CC(N)CN.CC(C)CC(N)c1ccccn1.CC(C)CC(N)c1ccccn1.CC(C)CC1CCC(N)C(N)C1.[Pt].[Pt].[Pt].[Pt]. The molecule has 1 aliphatic carbocycles. The molecule has 3 rings (SSSR count). The van der Waals surface area contributed by atoms with E-state index in [9.17, 15) is 19.2 Å². The first-order valence-corrected chi connectivity index (χ1v) is 22.0. The van der Waals surface area contributed by atoms with E-state index in [1.54, 1.807) is 12.4 Å². The Labute approximate surface area is 492 Å². The molecule has 2 aromatic heterocycles. The van der Waals surface area contributed by atoms with Crippen LogP contribution in [0.25, 0.3) is 0 Å². The van der Waals surface area contributed by atoms with Crippen LogP contribution in [0.1, 0.15) is 131 Å². The Kier molecular flexibility index (Phi) is 71.6. The molecule has 2 aromatic rings. The summed E-state index contributed by atoms with van der Waals surface area (Å²) in [6, 6.07) is 12.6. The number of nitrogens with zero attached hydrogens (tertiary/aromatic N) is 2. The maximum Gasteiger partial charge on any atom is 0.370 e. The number of hydrogen-bond donors (Lipinski definition) is 14. The summed E-state index contributed by atoms with van der Waals surface area (Å²) in [6.45, 7) is 29.0. The van der Waals surface area contributed by atoms with Crippen LogP contribution in [0.2, 0.25) is 0 Å². The van der Waals surface area contributed by atoms with Gasteiger partial charge in [-0.25, -0.2) is 19.2 Å². The van der Waals surface area contributed by atoms with Crippen molar-refractivity contribution in [1.29, 1.82) is 0 Å². The average Bonchev–Trinajstić information content (AvgIpc) is 3.23. The van der Waals surface area contributed by atoms with E-state index in [1.165, 1.54) is 12.8 Å². The third-order valence-corrected chi connectivity index (χ3v) is 8.52. The molecule has 1 fully saturated rings. The molecule has 438 valence electrons. The molecule has 20 N–H and O–H groups in total. The molecule has 20 nitrogen and oxygen atoms in total. The molecule has 0 saturated heterocycles. The quantitative estimate of drug-likeness (QED) is 0.0616. The summed E-state index contributed by atoms with van der Waals surface area (Å²) in [6.07, 6.45) is 11.5. The summed E-state index contributed by atoms with van der Waals surface area (Å²) >= 11 is 0. The first kappa shape index (κ1) is 92.4. The van der Waals surface area contributed by atoms with Crippen LogP contribution in [0.4, 0.5) is 0 Å². The molecule has 0 radical (unpaired) electrons. The smallest absolute Gasteiger partial charge is 0.370 e. The summed E-state index contributed by atoms with van der Waals surface area (Å²) in [5.41, 5.74) is 36.5. The van der Waals surface area contributed by atoms with Gasteiger partial charge in [0, 0.05) is 133 Å². The van der Waals surface area contributed by atoms with Gasteiger partial charge in [0.15, 0.2) is 23.0 Å². The first-order valence-electron chi connectivity index (χ1n) is 22.0. The standard InChI is InChI=1S/C10H22N2.2C10H16N2.C6H16N2.4C3H4O3.CH4.4Pt/c1-7(2)5-8-3-4-9(11)10(12)6-8;2*1-8(2)7-9(11)10-5-3-4-6-12-10;1-5(2)3-6(8)4-7;4*1-2(4)3(5)6;;;;;/h7-10H,3-6,11-12H2,1-2H3;2*3-6,8-9H,7,11H2,1-2H3;5-6H,3-4,7-8H2,1-2H3;4*4H,1H2,(H,5,6);1H4;;;;. The molecule has 0 aliphatic heterocycles. The molecular weight excluding hydrogens is 1670 g/mol. The van der Waals surface area contributed by atoms with E-state index in [2.05, 4.69) is 91.7 Å². The normalized spacial score (nSPS) is 14.5. The van der Waals surface area contributed by atoms with Crippen molar-refractivity contribution in [3.63, 3.8) is 0 Å². The molecule has 6 atom stereocenters. The van der Waals surface area contributed by atoms with Crippen LogP contribution in [-0.2, 0) is 103 Å². The maximum atomic E-state index is 9.35. The number of aliphatic carboxylic acids is 4. The Morgan fingerprint density at radius 1 is 0.534 bits per heavy atom. The van der Waals surface area contributed by atoms with Crippen LogP contribution in [0.15, 0.2) is 98.1 Å². The van der Waals surface area contributed by atoms with Crippen LogP contribution >= 0.6 is 0 Å². The van der Waals surface area contributed by atoms with Crippen molar-refractivity contribution < 1.29 is 144 Å². The van der Waals surface area contributed by atoms with Crippen LogP contribution in [0.3, 0.4) is 0 Å².